The van der Waals surface area contributed by atoms with Gasteiger partial charge in [-0.25, -0.2) is 4.98 Å². The first-order valence-electron chi connectivity index (χ1n) is 7.69. The number of nitrogens with zero attached hydrogens (tertiary/aromatic N) is 1. The van der Waals surface area contributed by atoms with Crippen LogP contribution in [0.25, 0.3) is 10.2 Å². The maximum atomic E-state index is 11.0. The highest BCUT2D eigenvalue weighted by molar-refractivity contribution is 7.20. The number of thiazole rings is 1. The van der Waals surface area contributed by atoms with Gasteiger partial charge in [0.1, 0.15) is 5.75 Å². The molecule has 124 valence electrons. The minimum atomic E-state index is -0.0140. The van der Waals surface area contributed by atoms with Crippen molar-refractivity contribution in [1.82, 2.24) is 10.3 Å². The maximum absolute atomic E-state index is 11.0. The van der Waals surface area contributed by atoms with Crippen LogP contribution in [-0.2, 0) is 4.79 Å². The van der Waals surface area contributed by atoms with Crippen LogP contribution in [0.15, 0.2) is 42.5 Å². The molecule has 0 saturated heterocycles. The Morgan fingerprint density at radius 3 is 2.75 bits per heavy atom. The molecule has 0 spiro atoms. The normalized spacial score (nSPS) is 12.1. The van der Waals surface area contributed by atoms with Crippen LogP contribution in [0.3, 0.4) is 0 Å². The number of amides is 1. The molecular weight excluding hydrogens is 322 g/mol. The lowest BCUT2D eigenvalue weighted by Crippen LogP contribution is -2.24. The molecule has 1 atom stereocenters. The molecule has 0 aliphatic heterocycles. The summed E-state index contributed by atoms with van der Waals surface area (Å²) in [4.78, 5) is 15.5. The number of hydrogen-bond donors (Lipinski definition) is 2. The number of carbonyl (C=O) groups excluding carboxylic acids is 1. The van der Waals surface area contributed by atoms with Crippen LogP contribution in [0, 0.1) is 0 Å². The summed E-state index contributed by atoms with van der Waals surface area (Å²) in [6.07, 6.45) is 0. The van der Waals surface area contributed by atoms with Crippen LogP contribution < -0.4 is 15.8 Å². The van der Waals surface area contributed by atoms with Gasteiger partial charge >= 0.3 is 0 Å². The van der Waals surface area contributed by atoms with Gasteiger partial charge in [0.05, 0.1) is 10.2 Å². The van der Waals surface area contributed by atoms with E-state index in [0.29, 0.717) is 23.2 Å². The molecule has 3 N–H and O–H groups in total. The summed E-state index contributed by atoms with van der Waals surface area (Å²) in [6, 6.07) is 13.4. The fourth-order valence-electron chi connectivity index (χ4n) is 2.32. The predicted octanol–water partition coefficient (Wildman–Crippen LogP) is 3.91. The standard InChI is InChI=1S/C18H19N3O2S/c1-11(10-20-12(2)22)13-3-8-16-17(9-13)24-18(21-16)23-15-6-4-14(19)5-7-15/h3-9,11H,10,19H2,1-2H3,(H,20,22). The van der Waals surface area contributed by atoms with Gasteiger partial charge in [-0.05, 0) is 47.9 Å². The number of benzene rings is 2. The van der Waals surface area contributed by atoms with Gasteiger partial charge in [-0.1, -0.05) is 24.3 Å². The molecule has 1 heterocycles. The third-order valence-electron chi connectivity index (χ3n) is 3.70. The SMILES string of the molecule is CC(=O)NCC(C)c1ccc2nc(Oc3ccc(N)cc3)sc2c1. The number of hydrogen-bond acceptors (Lipinski definition) is 5. The number of nitrogens with one attached hydrogen (secondary N) is 1. The second-order valence-corrected chi connectivity index (χ2v) is 6.71. The lowest BCUT2D eigenvalue weighted by atomic mass is 10.0. The number of aromatic nitrogens is 1. The van der Waals surface area contributed by atoms with E-state index in [0.717, 1.165) is 10.2 Å². The summed E-state index contributed by atoms with van der Waals surface area (Å²) < 4.78 is 6.86. The molecule has 6 heteroatoms. The Bertz CT molecular complexity index is 858. The smallest absolute Gasteiger partial charge is 0.279 e. The zero-order valence-electron chi connectivity index (χ0n) is 13.6. The Morgan fingerprint density at radius 1 is 1.29 bits per heavy atom. The Morgan fingerprint density at radius 2 is 2.04 bits per heavy atom. The topological polar surface area (TPSA) is 77.2 Å². The lowest BCUT2D eigenvalue weighted by Gasteiger charge is -2.11. The predicted molar refractivity (Wildman–Crippen MR) is 97.6 cm³/mol. The van der Waals surface area contributed by atoms with Gasteiger partial charge < -0.3 is 15.8 Å². The average molecular weight is 341 g/mol. The van der Waals surface area contributed by atoms with E-state index in [-0.39, 0.29) is 11.8 Å². The van der Waals surface area contributed by atoms with Gasteiger partial charge in [-0.2, -0.15) is 0 Å². The number of nitrogens with two attached hydrogens (primary N) is 1. The molecule has 0 fully saturated rings. The van der Waals surface area contributed by atoms with Crippen molar-refractivity contribution in [2.45, 2.75) is 19.8 Å². The number of anilines is 1. The zero-order chi connectivity index (χ0) is 17.1. The van der Waals surface area contributed by atoms with Crippen LogP contribution in [0.1, 0.15) is 25.3 Å². The molecule has 5 nitrogen and oxygen atoms in total. The molecule has 2 aromatic carbocycles. The largest absolute Gasteiger partial charge is 0.431 e. The van der Waals surface area contributed by atoms with Crippen LogP contribution in [0.5, 0.6) is 10.9 Å². The molecule has 0 bridgehead atoms. The van der Waals surface area contributed by atoms with Crippen molar-refractivity contribution in [3.05, 3.63) is 48.0 Å². The molecule has 1 aromatic heterocycles. The third-order valence-corrected chi connectivity index (χ3v) is 4.60. The van der Waals surface area contributed by atoms with Gasteiger partial charge in [0, 0.05) is 19.2 Å². The average Bonchev–Trinajstić information content (AvgIpc) is 2.96. The van der Waals surface area contributed by atoms with E-state index in [1.54, 1.807) is 12.1 Å². The quantitative estimate of drug-likeness (QED) is 0.690. The van der Waals surface area contributed by atoms with Gasteiger partial charge in [-0.15, -0.1) is 0 Å². The van der Waals surface area contributed by atoms with E-state index >= 15 is 0 Å². The highest BCUT2D eigenvalue weighted by Gasteiger charge is 2.11. The van der Waals surface area contributed by atoms with Crippen molar-refractivity contribution in [2.24, 2.45) is 0 Å². The second kappa shape index (κ2) is 6.88. The molecule has 0 radical (unpaired) electrons. The molecule has 24 heavy (non-hydrogen) atoms. The van der Waals surface area contributed by atoms with E-state index in [1.165, 1.54) is 23.8 Å². The third kappa shape index (κ3) is 3.83. The van der Waals surface area contributed by atoms with Crippen LogP contribution >= 0.6 is 11.3 Å². The molecule has 3 rings (SSSR count). The first-order valence-corrected chi connectivity index (χ1v) is 8.51. The van der Waals surface area contributed by atoms with Gasteiger partial charge in [0.25, 0.3) is 5.19 Å². The molecular formula is C18H19N3O2S. The van der Waals surface area contributed by atoms with Crippen LogP contribution in [0.2, 0.25) is 0 Å². The van der Waals surface area contributed by atoms with Crippen molar-refractivity contribution in [2.75, 3.05) is 12.3 Å². The lowest BCUT2D eigenvalue weighted by molar-refractivity contribution is -0.119. The van der Waals surface area contributed by atoms with E-state index in [9.17, 15) is 4.79 Å². The summed E-state index contributed by atoms with van der Waals surface area (Å²) in [7, 11) is 0. The van der Waals surface area contributed by atoms with E-state index in [1.807, 2.05) is 24.3 Å². The Balaban J connectivity index is 1.78. The summed E-state index contributed by atoms with van der Waals surface area (Å²) in [5.41, 5.74) is 8.44. The first-order chi connectivity index (χ1) is 11.5. The van der Waals surface area contributed by atoms with E-state index in [2.05, 4.69) is 23.3 Å². The highest BCUT2D eigenvalue weighted by atomic mass is 32.1. The monoisotopic (exact) mass is 341 g/mol. The van der Waals surface area contributed by atoms with Crippen molar-refractivity contribution in [3.63, 3.8) is 0 Å². The minimum Gasteiger partial charge on any atom is -0.431 e. The summed E-state index contributed by atoms with van der Waals surface area (Å²) >= 11 is 1.50. The molecule has 3 aromatic rings. The Labute approximate surface area is 144 Å². The minimum absolute atomic E-state index is 0.0140. The molecule has 0 aliphatic rings. The van der Waals surface area contributed by atoms with Crippen LogP contribution in [-0.4, -0.2) is 17.4 Å². The van der Waals surface area contributed by atoms with Crippen LogP contribution in [0.4, 0.5) is 5.69 Å². The number of carbonyl (C=O) groups is 1. The van der Waals surface area contributed by atoms with E-state index < -0.39 is 0 Å². The summed E-state index contributed by atoms with van der Waals surface area (Å²) in [6.45, 7) is 4.23. The van der Waals surface area contributed by atoms with Gasteiger partial charge in [0.2, 0.25) is 5.91 Å². The van der Waals surface area contributed by atoms with Gasteiger partial charge in [0.15, 0.2) is 0 Å². The van der Waals surface area contributed by atoms with Crippen molar-refractivity contribution in [3.8, 4) is 10.9 Å². The molecule has 0 saturated carbocycles. The molecule has 1 amide bonds. The first kappa shape index (κ1) is 16.3. The van der Waals surface area contributed by atoms with E-state index in [4.69, 9.17) is 10.5 Å². The van der Waals surface area contributed by atoms with Crippen molar-refractivity contribution >= 4 is 33.1 Å². The fraction of sp³-hybridized carbons (Fsp3) is 0.222. The maximum Gasteiger partial charge on any atom is 0.279 e. The second-order valence-electron chi connectivity index (χ2n) is 5.72. The number of ether oxygens (including phenoxy) is 1. The zero-order valence-corrected chi connectivity index (χ0v) is 14.4. The van der Waals surface area contributed by atoms with Crippen molar-refractivity contribution in [1.29, 1.82) is 0 Å². The summed E-state index contributed by atoms with van der Waals surface area (Å²) in [5.74, 6) is 0.935. The number of nitrogen functional groups attached to an aromatic ring is 1. The molecule has 0 aliphatic carbocycles. The van der Waals surface area contributed by atoms with Crippen molar-refractivity contribution < 1.29 is 9.53 Å². The Kier molecular flexibility index (Phi) is 4.66. The fourth-order valence-corrected chi connectivity index (χ4v) is 3.20. The Hall–Kier alpha value is -2.60. The van der Waals surface area contributed by atoms with Gasteiger partial charge in [-0.3, -0.25) is 4.79 Å². The highest BCUT2D eigenvalue weighted by Crippen LogP contribution is 2.33. The number of fused-ring (bicyclic) bond motifs is 1. The number of rotatable bonds is 5. The summed E-state index contributed by atoms with van der Waals surface area (Å²) in [5, 5.41) is 3.45. The molecule has 1 unspecified atom stereocenters.